The van der Waals surface area contributed by atoms with Crippen LogP contribution in [0.1, 0.15) is 6.92 Å². The summed E-state index contributed by atoms with van der Waals surface area (Å²) in [5, 5.41) is 0. The normalized spacial score (nSPS) is 15.3. The van der Waals surface area contributed by atoms with Crippen LogP contribution in [0.15, 0.2) is 11.9 Å². The molecule has 7 heavy (non-hydrogen) atoms. The maximum atomic E-state index is 8.61. The fraction of sp³-hybridized carbons (Fsp3) is 0.500. The monoisotopic (exact) mass is 120 g/mol. The smallest absolute Gasteiger partial charge is 0.193 e. The summed E-state index contributed by atoms with van der Waals surface area (Å²) in [7, 11) is 0.219. The molecular formula is C4H9O2P. The van der Waals surface area contributed by atoms with Crippen molar-refractivity contribution in [1.82, 2.24) is 0 Å². The summed E-state index contributed by atoms with van der Waals surface area (Å²) in [6.45, 7) is 1.84. The van der Waals surface area contributed by atoms with E-state index in [-0.39, 0.29) is 0 Å². The van der Waals surface area contributed by atoms with Gasteiger partial charge in [0.15, 0.2) is 8.38 Å². The van der Waals surface area contributed by atoms with Crippen molar-refractivity contribution in [2.75, 3.05) is 7.11 Å². The molecule has 0 aromatic heterocycles. The highest BCUT2D eigenvalue weighted by Crippen LogP contribution is 2.30. The summed E-state index contributed by atoms with van der Waals surface area (Å²) in [5.74, 6) is 1.62. The molecule has 0 spiro atoms. The van der Waals surface area contributed by atoms with Gasteiger partial charge in [0.05, 0.1) is 0 Å². The summed E-state index contributed by atoms with van der Waals surface area (Å²) in [4.78, 5) is 8.61. The number of allylic oxidation sites excluding steroid dienone is 1. The Hall–Kier alpha value is 0.0900. The molecule has 0 aromatic carbocycles. The predicted octanol–water partition coefficient (Wildman–Crippen LogP) is 1.47. The van der Waals surface area contributed by atoms with Gasteiger partial charge in [-0.1, -0.05) is 6.08 Å². The zero-order chi connectivity index (χ0) is 5.70. The Balaban J connectivity index is 3.16. The maximum Gasteiger partial charge on any atom is 0.193 e. The van der Waals surface area contributed by atoms with Crippen LogP contribution in [-0.4, -0.2) is 12.0 Å². The molecular weight excluding hydrogens is 111 g/mol. The molecule has 0 heterocycles. The highest BCUT2D eigenvalue weighted by atomic mass is 31.2. The van der Waals surface area contributed by atoms with Gasteiger partial charge >= 0.3 is 0 Å². The molecule has 0 bridgehead atoms. The lowest BCUT2D eigenvalue weighted by Crippen LogP contribution is -1.66. The Morgan fingerprint density at radius 1 is 1.71 bits per heavy atom. The molecule has 0 aliphatic rings. The quantitative estimate of drug-likeness (QED) is 0.559. The standard InChI is InChI=1S/C4H9O2P/c1-3-4-7(5)6-2/h3-5H,1-2H3. The molecule has 0 aromatic rings. The first kappa shape index (κ1) is 7.09. The number of hydrogen-bond donors (Lipinski definition) is 1. The average Bonchev–Trinajstić information content (AvgIpc) is 1.68. The minimum atomic E-state index is -1.26. The van der Waals surface area contributed by atoms with Crippen molar-refractivity contribution in [3.63, 3.8) is 0 Å². The Morgan fingerprint density at radius 3 is 2.43 bits per heavy atom. The van der Waals surface area contributed by atoms with Crippen LogP contribution in [0.5, 0.6) is 0 Å². The van der Waals surface area contributed by atoms with E-state index >= 15 is 0 Å². The van der Waals surface area contributed by atoms with E-state index < -0.39 is 8.38 Å². The van der Waals surface area contributed by atoms with Crippen molar-refractivity contribution < 1.29 is 9.42 Å². The van der Waals surface area contributed by atoms with E-state index in [4.69, 9.17) is 4.89 Å². The zero-order valence-corrected chi connectivity index (χ0v) is 5.35. The van der Waals surface area contributed by atoms with Crippen molar-refractivity contribution in [1.29, 1.82) is 0 Å². The number of rotatable bonds is 2. The van der Waals surface area contributed by atoms with Gasteiger partial charge in [0.2, 0.25) is 0 Å². The van der Waals surface area contributed by atoms with Gasteiger partial charge in [-0.05, 0) is 12.7 Å². The van der Waals surface area contributed by atoms with Crippen LogP contribution < -0.4 is 0 Å². The minimum absolute atomic E-state index is 1.26. The molecule has 0 aliphatic heterocycles. The SMILES string of the molecule is CC=CP(O)OC. The molecule has 0 saturated carbocycles. The first-order valence-electron chi connectivity index (χ1n) is 1.96. The van der Waals surface area contributed by atoms with Crippen molar-refractivity contribution >= 4 is 8.38 Å². The molecule has 2 nitrogen and oxygen atoms in total. The number of hydrogen-bond acceptors (Lipinski definition) is 2. The second kappa shape index (κ2) is 4.25. The van der Waals surface area contributed by atoms with Crippen LogP contribution in [0.4, 0.5) is 0 Å². The van der Waals surface area contributed by atoms with Gasteiger partial charge < -0.3 is 9.42 Å². The molecule has 0 aliphatic carbocycles. The minimum Gasteiger partial charge on any atom is -0.347 e. The summed E-state index contributed by atoms with van der Waals surface area (Å²) in [5.41, 5.74) is 0. The first-order valence-corrected chi connectivity index (χ1v) is 3.24. The molecule has 0 amide bonds. The van der Waals surface area contributed by atoms with Crippen molar-refractivity contribution in [2.45, 2.75) is 6.92 Å². The second-order valence-electron chi connectivity index (χ2n) is 0.968. The molecule has 3 heteroatoms. The first-order chi connectivity index (χ1) is 3.31. The molecule has 0 saturated heterocycles. The lowest BCUT2D eigenvalue weighted by atomic mass is 10.8. The van der Waals surface area contributed by atoms with Crippen molar-refractivity contribution in [2.24, 2.45) is 0 Å². The van der Waals surface area contributed by atoms with E-state index in [9.17, 15) is 0 Å². The molecule has 0 fully saturated rings. The van der Waals surface area contributed by atoms with E-state index in [2.05, 4.69) is 4.52 Å². The van der Waals surface area contributed by atoms with E-state index in [1.807, 2.05) is 6.92 Å². The van der Waals surface area contributed by atoms with Crippen LogP contribution in [0, 0.1) is 0 Å². The van der Waals surface area contributed by atoms with Crippen LogP contribution in [-0.2, 0) is 4.52 Å². The lowest BCUT2D eigenvalue weighted by Gasteiger charge is -1.95. The predicted molar refractivity (Wildman–Crippen MR) is 31.0 cm³/mol. The summed E-state index contributed by atoms with van der Waals surface area (Å²) < 4.78 is 4.52. The van der Waals surface area contributed by atoms with Crippen LogP contribution in [0.2, 0.25) is 0 Å². The highest BCUT2D eigenvalue weighted by molar-refractivity contribution is 7.49. The van der Waals surface area contributed by atoms with Crippen LogP contribution >= 0.6 is 8.38 Å². The summed E-state index contributed by atoms with van der Waals surface area (Å²) in [6.07, 6.45) is 1.76. The molecule has 42 valence electrons. The van der Waals surface area contributed by atoms with Gasteiger partial charge in [0.1, 0.15) is 0 Å². The molecule has 1 N–H and O–H groups in total. The van der Waals surface area contributed by atoms with Gasteiger partial charge in [-0.2, -0.15) is 0 Å². The molecule has 0 rings (SSSR count). The van der Waals surface area contributed by atoms with Gasteiger partial charge in [0.25, 0.3) is 0 Å². The van der Waals surface area contributed by atoms with E-state index in [1.165, 1.54) is 7.11 Å². The second-order valence-corrected chi connectivity index (χ2v) is 2.24. The van der Waals surface area contributed by atoms with Crippen LogP contribution in [0.3, 0.4) is 0 Å². The Morgan fingerprint density at radius 2 is 2.29 bits per heavy atom. The van der Waals surface area contributed by atoms with Gasteiger partial charge in [-0.3, -0.25) is 0 Å². The highest BCUT2D eigenvalue weighted by Gasteiger charge is 1.89. The summed E-state index contributed by atoms with van der Waals surface area (Å²) >= 11 is 0. The fourth-order valence-corrected chi connectivity index (χ4v) is 0.565. The molecule has 1 unspecified atom stereocenters. The largest absolute Gasteiger partial charge is 0.347 e. The van der Waals surface area contributed by atoms with Gasteiger partial charge in [-0.25, -0.2) is 0 Å². The van der Waals surface area contributed by atoms with E-state index in [0.717, 1.165) is 0 Å². The molecule has 1 atom stereocenters. The lowest BCUT2D eigenvalue weighted by molar-refractivity contribution is 0.400. The third-order valence-electron chi connectivity index (χ3n) is 0.464. The molecule has 0 radical (unpaired) electrons. The van der Waals surface area contributed by atoms with Crippen molar-refractivity contribution in [3.8, 4) is 0 Å². The van der Waals surface area contributed by atoms with Gasteiger partial charge in [0, 0.05) is 7.11 Å². The van der Waals surface area contributed by atoms with E-state index in [1.54, 1.807) is 11.9 Å². The Labute approximate surface area is 44.7 Å². The maximum absolute atomic E-state index is 8.61. The van der Waals surface area contributed by atoms with Gasteiger partial charge in [-0.15, -0.1) is 0 Å². The average molecular weight is 120 g/mol. The Bertz CT molecular complexity index is 62.7. The topological polar surface area (TPSA) is 29.5 Å². The fourth-order valence-electron chi connectivity index (χ4n) is 0.188. The summed E-state index contributed by atoms with van der Waals surface area (Å²) in [6, 6.07) is 0. The van der Waals surface area contributed by atoms with E-state index in [0.29, 0.717) is 0 Å². The third kappa shape index (κ3) is 3.93. The van der Waals surface area contributed by atoms with Crippen molar-refractivity contribution in [3.05, 3.63) is 11.9 Å². The zero-order valence-electron chi connectivity index (χ0n) is 4.46. The van der Waals surface area contributed by atoms with Crippen LogP contribution in [0.25, 0.3) is 0 Å². The Kier molecular flexibility index (Phi) is 4.31. The third-order valence-corrected chi connectivity index (χ3v) is 1.39.